The molecule has 0 saturated heterocycles. The summed E-state index contributed by atoms with van der Waals surface area (Å²) in [6.07, 6.45) is -1.80. The summed E-state index contributed by atoms with van der Waals surface area (Å²) in [6, 6.07) is 10.7. The van der Waals surface area contributed by atoms with Gasteiger partial charge in [0.2, 0.25) is 0 Å². The quantitative estimate of drug-likeness (QED) is 0.528. The average Bonchev–Trinajstić information content (AvgIpc) is 2.82. The summed E-state index contributed by atoms with van der Waals surface area (Å²) in [5, 5.41) is 4.98. The van der Waals surface area contributed by atoms with E-state index in [0.29, 0.717) is 24.5 Å². The van der Waals surface area contributed by atoms with Gasteiger partial charge in [0.15, 0.2) is 5.82 Å². The van der Waals surface area contributed by atoms with Crippen molar-refractivity contribution in [2.75, 3.05) is 23.8 Å². The van der Waals surface area contributed by atoms with Crippen molar-refractivity contribution in [1.82, 2.24) is 10.3 Å². The minimum absolute atomic E-state index is 0.112. The molecule has 0 spiro atoms. The molecular formula is C24H20F4N4O2. The van der Waals surface area contributed by atoms with E-state index < -0.39 is 34.9 Å². The zero-order valence-corrected chi connectivity index (χ0v) is 18.0. The lowest BCUT2D eigenvalue weighted by Crippen LogP contribution is -2.27. The number of aryl methyl sites for hydroxylation is 1. The van der Waals surface area contributed by atoms with Crippen LogP contribution in [0.15, 0.2) is 54.7 Å². The number of para-hydroxylation sites is 1. The predicted octanol–water partition coefficient (Wildman–Crippen LogP) is 4.94. The number of nitrogens with one attached hydrogen (secondary N) is 2. The number of hydrogen-bond acceptors (Lipinski definition) is 4. The fourth-order valence-corrected chi connectivity index (χ4v) is 3.87. The minimum Gasteiger partial charge on any atom is -0.355 e. The molecule has 176 valence electrons. The molecule has 1 aliphatic heterocycles. The van der Waals surface area contributed by atoms with Crippen LogP contribution in [0.3, 0.4) is 0 Å². The molecule has 0 atom stereocenters. The van der Waals surface area contributed by atoms with Gasteiger partial charge in [0, 0.05) is 31.0 Å². The second-order valence-electron chi connectivity index (χ2n) is 7.74. The van der Waals surface area contributed by atoms with E-state index in [1.807, 2.05) is 29.2 Å². The third kappa shape index (κ3) is 4.70. The molecule has 2 N–H and O–H groups in total. The van der Waals surface area contributed by atoms with Gasteiger partial charge in [0.05, 0.1) is 16.8 Å². The molecule has 0 saturated carbocycles. The first-order valence-corrected chi connectivity index (χ1v) is 10.4. The van der Waals surface area contributed by atoms with E-state index in [1.54, 1.807) is 0 Å². The standard InChI is InChI=1S/C24H20F4N4O2/c1-29-22(33)16-11-19(31-23(34)15-9-17(24(26,27)28)12-18(25)10-15)21(30-13-16)32-8-4-6-14-5-2-3-7-20(14)32/h2-3,5,7,9-13H,4,6,8H2,1H3,(H,29,33)(H,31,34). The molecule has 1 aliphatic rings. The molecule has 0 bridgehead atoms. The van der Waals surface area contributed by atoms with Crippen LogP contribution in [0.4, 0.5) is 34.8 Å². The molecule has 1 aromatic heterocycles. The van der Waals surface area contributed by atoms with E-state index in [4.69, 9.17) is 0 Å². The maximum absolute atomic E-state index is 13.9. The summed E-state index contributed by atoms with van der Waals surface area (Å²) in [7, 11) is 1.43. The second-order valence-corrected chi connectivity index (χ2v) is 7.74. The summed E-state index contributed by atoms with van der Waals surface area (Å²) >= 11 is 0. The maximum Gasteiger partial charge on any atom is 0.416 e. The number of halogens is 4. The Kier molecular flexibility index (Phi) is 6.23. The van der Waals surface area contributed by atoms with E-state index in [2.05, 4.69) is 15.6 Å². The van der Waals surface area contributed by atoms with Crippen LogP contribution < -0.4 is 15.5 Å². The number of anilines is 3. The number of aromatic nitrogens is 1. The Hall–Kier alpha value is -3.95. The van der Waals surface area contributed by atoms with Crippen LogP contribution in [0, 0.1) is 5.82 Å². The third-order valence-electron chi connectivity index (χ3n) is 5.46. The van der Waals surface area contributed by atoms with Gasteiger partial charge < -0.3 is 15.5 Å². The average molecular weight is 472 g/mol. The van der Waals surface area contributed by atoms with Crippen molar-refractivity contribution < 1.29 is 27.2 Å². The molecule has 0 radical (unpaired) electrons. The van der Waals surface area contributed by atoms with E-state index in [0.717, 1.165) is 30.2 Å². The summed E-state index contributed by atoms with van der Waals surface area (Å²) < 4.78 is 53.2. The topological polar surface area (TPSA) is 74.3 Å². The zero-order valence-electron chi connectivity index (χ0n) is 18.0. The Morgan fingerprint density at radius 1 is 1.03 bits per heavy atom. The van der Waals surface area contributed by atoms with Crippen LogP contribution in [0.2, 0.25) is 0 Å². The fraction of sp³-hybridized carbons (Fsp3) is 0.208. The SMILES string of the molecule is CNC(=O)c1cnc(N2CCCc3ccccc32)c(NC(=O)c2cc(F)cc(C(F)(F)F)c2)c1. The Balaban J connectivity index is 1.76. The molecule has 2 aromatic carbocycles. The second kappa shape index (κ2) is 9.12. The van der Waals surface area contributed by atoms with Crippen LogP contribution in [0.25, 0.3) is 0 Å². The van der Waals surface area contributed by atoms with E-state index in [9.17, 15) is 27.2 Å². The smallest absolute Gasteiger partial charge is 0.355 e. The summed E-state index contributed by atoms with van der Waals surface area (Å²) in [6.45, 7) is 0.574. The van der Waals surface area contributed by atoms with Crippen molar-refractivity contribution in [3.8, 4) is 0 Å². The van der Waals surface area contributed by atoms with Crippen molar-refractivity contribution in [2.24, 2.45) is 0 Å². The van der Waals surface area contributed by atoms with Crippen molar-refractivity contribution in [3.05, 3.63) is 82.8 Å². The van der Waals surface area contributed by atoms with E-state index in [1.165, 1.54) is 19.3 Å². The minimum atomic E-state index is -4.82. The van der Waals surface area contributed by atoms with Gasteiger partial charge in [-0.2, -0.15) is 13.2 Å². The summed E-state index contributed by atoms with van der Waals surface area (Å²) in [5.41, 5.74) is 0.406. The Morgan fingerprint density at radius 2 is 1.79 bits per heavy atom. The number of carbonyl (C=O) groups is 2. The largest absolute Gasteiger partial charge is 0.416 e. The van der Waals surface area contributed by atoms with Crippen molar-refractivity contribution >= 4 is 29.0 Å². The first-order chi connectivity index (χ1) is 16.2. The third-order valence-corrected chi connectivity index (χ3v) is 5.46. The normalized spacial score (nSPS) is 13.3. The highest BCUT2D eigenvalue weighted by Gasteiger charge is 2.32. The molecule has 0 fully saturated rings. The molecule has 3 aromatic rings. The first-order valence-electron chi connectivity index (χ1n) is 10.4. The number of pyridine rings is 1. The number of fused-ring (bicyclic) bond motifs is 1. The summed E-state index contributed by atoms with van der Waals surface area (Å²) in [4.78, 5) is 31.3. The van der Waals surface area contributed by atoms with Gasteiger partial charge in [-0.3, -0.25) is 9.59 Å². The lowest BCUT2D eigenvalue weighted by molar-refractivity contribution is -0.137. The first kappa shape index (κ1) is 23.2. The summed E-state index contributed by atoms with van der Waals surface area (Å²) in [5.74, 6) is -2.30. The lowest BCUT2D eigenvalue weighted by atomic mass is 10.0. The number of nitrogens with zero attached hydrogens (tertiary/aromatic N) is 2. The van der Waals surface area contributed by atoms with E-state index in [-0.39, 0.29) is 11.3 Å². The fourth-order valence-electron chi connectivity index (χ4n) is 3.87. The number of alkyl halides is 3. The van der Waals surface area contributed by atoms with Crippen molar-refractivity contribution in [2.45, 2.75) is 19.0 Å². The van der Waals surface area contributed by atoms with Crippen LogP contribution in [-0.2, 0) is 12.6 Å². The molecule has 2 heterocycles. The number of carbonyl (C=O) groups excluding carboxylic acids is 2. The van der Waals surface area contributed by atoms with Crippen LogP contribution >= 0.6 is 0 Å². The Bertz CT molecular complexity index is 1260. The Labute approximate surface area is 192 Å². The predicted molar refractivity (Wildman–Crippen MR) is 119 cm³/mol. The van der Waals surface area contributed by atoms with Gasteiger partial charge in [-0.15, -0.1) is 0 Å². The highest BCUT2D eigenvalue weighted by atomic mass is 19.4. The molecule has 34 heavy (non-hydrogen) atoms. The van der Waals surface area contributed by atoms with Gasteiger partial charge >= 0.3 is 6.18 Å². The highest BCUT2D eigenvalue weighted by molar-refractivity contribution is 6.07. The van der Waals surface area contributed by atoms with Crippen molar-refractivity contribution in [1.29, 1.82) is 0 Å². The van der Waals surface area contributed by atoms with Crippen LogP contribution in [0.5, 0.6) is 0 Å². The molecule has 6 nitrogen and oxygen atoms in total. The van der Waals surface area contributed by atoms with Gasteiger partial charge in [0.1, 0.15) is 5.82 Å². The number of hydrogen-bond donors (Lipinski definition) is 2. The molecule has 2 amide bonds. The molecule has 4 rings (SSSR count). The van der Waals surface area contributed by atoms with Crippen molar-refractivity contribution in [3.63, 3.8) is 0 Å². The number of benzene rings is 2. The van der Waals surface area contributed by atoms with Crippen LogP contribution in [0.1, 0.15) is 38.3 Å². The molecule has 0 unspecified atom stereocenters. The Morgan fingerprint density at radius 3 is 2.53 bits per heavy atom. The zero-order chi connectivity index (χ0) is 24.5. The monoisotopic (exact) mass is 472 g/mol. The molecule has 10 heteroatoms. The van der Waals surface area contributed by atoms with Gasteiger partial charge in [-0.05, 0) is 48.7 Å². The van der Waals surface area contributed by atoms with Crippen LogP contribution in [-0.4, -0.2) is 30.4 Å². The molecular weight excluding hydrogens is 452 g/mol. The van der Waals surface area contributed by atoms with Gasteiger partial charge in [-0.25, -0.2) is 9.37 Å². The van der Waals surface area contributed by atoms with Gasteiger partial charge in [0.25, 0.3) is 11.8 Å². The maximum atomic E-state index is 13.9. The molecule has 0 aliphatic carbocycles. The van der Waals surface area contributed by atoms with Gasteiger partial charge in [-0.1, -0.05) is 18.2 Å². The lowest BCUT2D eigenvalue weighted by Gasteiger charge is -2.31. The highest BCUT2D eigenvalue weighted by Crippen LogP contribution is 2.37. The number of amides is 2. The number of rotatable bonds is 4. The van der Waals surface area contributed by atoms with E-state index >= 15 is 0 Å².